The molecule has 1 amide bonds. The lowest BCUT2D eigenvalue weighted by Gasteiger charge is -2.08. The monoisotopic (exact) mass is 389 g/mol. The van der Waals surface area contributed by atoms with E-state index in [0.717, 1.165) is 9.37 Å². The lowest BCUT2D eigenvalue weighted by molar-refractivity contribution is 0.100. The summed E-state index contributed by atoms with van der Waals surface area (Å²) < 4.78 is 14.5. The van der Waals surface area contributed by atoms with Crippen LogP contribution in [0.1, 0.15) is 15.2 Å². The molecule has 2 aromatic rings. The summed E-state index contributed by atoms with van der Waals surface area (Å²) in [6, 6.07) is 4.74. The fourth-order valence-corrected chi connectivity index (χ4v) is 4.08. The van der Waals surface area contributed by atoms with Crippen LogP contribution in [0.15, 0.2) is 27.6 Å². The van der Waals surface area contributed by atoms with Gasteiger partial charge in [-0.25, -0.2) is 4.39 Å². The molecule has 1 aromatic carbocycles. The standard InChI is InChI=1S/C13H13BrFN3OS2/c1-20-11-9(16)10(12(17)19)21-13(11)18-5-6-4-7(14)2-3-8(6)15/h2-4,18H,5,16H2,1H3,(H2,17,19). The predicted octanol–water partition coefficient (Wildman–Crippen LogP) is 3.66. The Labute approximate surface area is 138 Å². The summed E-state index contributed by atoms with van der Waals surface area (Å²) in [5.41, 5.74) is 12.1. The molecule has 1 heterocycles. The number of nitrogens with one attached hydrogen (secondary N) is 1. The second-order valence-electron chi connectivity index (χ2n) is 4.16. The zero-order chi connectivity index (χ0) is 15.6. The molecule has 1 aromatic heterocycles. The van der Waals surface area contributed by atoms with Gasteiger partial charge in [0.1, 0.15) is 15.7 Å². The van der Waals surface area contributed by atoms with Gasteiger partial charge in [0.25, 0.3) is 5.91 Å². The van der Waals surface area contributed by atoms with Crippen LogP contribution >= 0.6 is 39.0 Å². The highest BCUT2D eigenvalue weighted by atomic mass is 79.9. The Kier molecular flexibility index (Phi) is 5.13. The molecule has 21 heavy (non-hydrogen) atoms. The Balaban J connectivity index is 2.25. The van der Waals surface area contributed by atoms with Gasteiger partial charge in [-0.3, -0.25) is 4.79 Å². The van der Waals surface area contributed by atoms with Gasteiger partial charge in [-0.15, -0.1) is 23.1 Å². The van der Waals surface area contributed by atoms with Crippen molar-refractivity contribution in [2.45, 2.75) is 11.4 Å². The predicted molar refractivity (Wildman–Crippen MR) is 90.5 cm³/mol. The minimum atomic E-state index is -0.561. The Morgan fingerprint density at radius 2 is 2.24 bits per heavy atom. The largest absolute Gasteiger partial charge is 0.396 e. The number of hydrogen-bond acceptors (Lipinski definition) is 5. The van der Waals surface area contributed by atoms with E-state index in [2.05, 4.69) is 21.2 Å². The topological polar surface area (TPSA) is 81.1 Å². The number of amides is 1. The van der Waals surface area contributed by atoms with Crippen molar-refractivity contribution in [1.82, 2.24) is 0 Å². The maximum absolute atomic E-state index is 13.7. The highest BCUT2D eigenvalue weighted by Crippen LogP contribution is 2.41. The van der Waals surface area contributed by atoms with Crippen molar-refractivity contribution in [2.24, 2.45) is 5.73 Å². The molecule has 112 valence electrons. The number of carbonyl (C=O) groups is 1. The first-order chi connectivity index (χ1) is 9.93. The number of carbonyl (C=O) groups excluding carboxylic acids is 1. The third kappa shape index (κ3) is 3.50. The van der Waals surface area contributed by atoms with Gasteiger partial charge in [-0.2, -0.15) is 0 Å². The highest BCUT2D eigenvalue weighted by Gasteiger charge is 2.18. The van der Waals surface area contributed by atoms with Crippen LogP contribution in [-0.4, -0.2) is 12.2 Å². The molecule has 2 rings (SSSR count). The maximum atomic E-state index is 13.7. The van der Waals surface area contributed by atoms with E-state index >= 15 is 0 Å². The van der Waals surface area contributed by atoms with E-state index in [0.29, 0.717) is 21.1 Å². The van der Waals surface area contributed by atoms with E-state index in [1.165, 1.54) is 29.2 Å². The second kappa shape index (κ2) is 6.67. The summed E-state index contributed by atoms with van der Waals surface area (Å²) in [7, 11) is 0. The summed E-state index contributed by atoms with van der Waals surface area (Å²) in [5, 5.41) is 3.83. The summed E-state index contributed by atoms with van der Waals surface area (Å²) in [5.74, 6) is -0.856. The lowest BCUT2D eigenvalue weighted by atomic mass is 10.2. The molecule has 0 saturated heterocycles. The summed E-state index contributed by atoms with van der Waals surface area (Å²) in [6.07, 6.45) is 1.86. The molecule has 5 N–H and O–H groups in total. The van der Waals surface area contributed by atoms with Crippen molar-refractivity contribution in [3.8, 4) is 0 Å². The molecule has 8 heteroatoms. The van der Waals surface area contributed by atoms with Gasteiger partial charge in [0.05, 0.1) is 10.6 Å². The first kappa shape index (κ1) is 16.1. The minimum Gasteiger partial charge on any atom is -0.396 e. The molecule has 0 unspecified atom stereocenters. The number of anilines is 2. The SMILES string of the molecule is CSc1c(NCc2cc(Br)ccc2F)sc(C(N)=O)c1N. The number of halogens is 2. The summed E-state index contributed by atoms with van der Waals surface area (Å²) >= 11 is 5.91. The minimum absolute atomic E-state index is 0.289. The van der Waals surface area contributed by atoms with Crippen LogP contribution in [-0.2, 0) is 6.54 Å². The van der Waals surface area contributed by atoms with Crippen molar-refractivity contribution in [2.75, 3.05) is 17.3 Å². The van der Waals surface area contributed by atoms with Gasteiger partial charge in [0.2, 0.25) is 0 Å². The average Bonchev–Trinajstić information content (AvgIpc) is 2.76. The summed E-state index contributed by atoms with van der Waals surface area (Å²) in [6.45, 7) is 0.289. The number of nitrogens with two attached hydrogens (primary N) is 2. The van der Waals surface area contributed by atoms with Crippen LogP contribution in [0.2, 0.25) is 0 Å². The van der Waals surface area contributed by atoms with Crippen molar-refractivity contribution in [1.29, 1.82) is 0 Å². The van der Waals surface area contributed by atoms with Crippen molar-refractivity contribution in [3.63, 3.8) is 0 Å². The molecule has 0 aliphatic rings. The first-order valence-electron chi connectivity index (χ1n) is 5.88. The molecular weight excluding hydrogens is 377 g/mol. The number of thiophene rings is 1. The highest BCUT2D eigenvalue weighted by molar-refractivity contribution is 9.10. The zero-order valence-corrected chi connectivity index (χ0v) is 14.3. The van der Waals surface area contributed by atoms with E-state index in [1.807, 2.05) is 6.26 Å². The second-order valence-corrected chi connectivity index (χ2v) is 6.91. The fraction of sp³-hybridized carbons (Fsp3) is 0.154. The molecule has 0 bridgehead atoms. The average molecular weight is 390 g/mol. The lowest BCUT2D eigenvalue weighted by Crippen LogP contribution is -2.10. The number of rotatable bonds is 5. The smallest absolute Gasteiger partial charge is 0.261 e. The van der Waals surface area contributed by atoms with Crippen LogP contribution in [0.25, 0.3) is 0 Å². The molecule has 0 fully saturated rings. The third-order valence-electron chi connectivity index (χ3n) is 2.77. The Morgan fingerprint density at radius 1 is 1.52 bits per heavy atom. The number of thioether (sulfide) groups is 1. The van der Waals surface area contributed by atoms with Crippen LogP contribution in [0.4, 0.5) is 15.1 Å². The Bertz CT molecular complexity index is 690. The Hall–Kier alpha value is -1.25. The van der Waals surface area contributed by atoms with Gasteiger partial charge < -0.3 is 16.8 Å². The normalized spacial score (nSPS) is 10.6. The molecule has 0 radical (unpaired) electrons. The van der Waals surface area contributed by atoms with Crippen molar-refractivity contribution >= 4 is 55.6 Å². The third-order valence-corrected chi connectivity index (χ3v) is 5.41. The van der Waals surface area contributed by atoms with E-state index in [1.54, 1.807) is 12.1 Å². The van der Waals surface area contributed by atoms with Crippen LogP contribution < -0.4 is 16.8 Å². The molecule has 0 aliphatic carbocycles. The van der Waals surface area contributed by atoms with Crippen LogP contribution in [0.5, 0.6) is 0 Å². The van der Waals surface area contributed by atoms with Gasteiger partial charge in [-0.1, -0.05) is 15.9 Å². The van der Waals surface area contributed by atoms with E-state index < -0.39 is 5.91 Å². The van der Waals surface area contributed by atoms with Gasteiger partial charge in [0.15, 0.2) is 0 Å². The number of primary amides is 1. The number of hydrogen-bond donors (Lipinski definition) is 3. The van der Waals surface area contributed by atoms with E-state index in [-0.39, 0.29) is 12.4 Å². The zero-order valence-electron chi connectivity index (χ0n) is 11.1. The quantitative estimate of drug-likeness (QED) is 0.681. The van der Waals surface area contributed by atoms with E-state index in [9.17, 15) is 9.18 Å². The van der Waals surface area contributed by atoms with Gasteiger partial charge >= 0.3 is 0 Å². The van der Waals surface area contributed by atoms with E-state index in [4.69, 9.17) is 11.5 Å². The molecule has 0 atom stereocenters. The summed E-state index contributed by atoms with van der Waals surface area (Å²) in [4.78, 5) is 12.4. The fourth-order valence-electron chi connectivity index (χ4n) is 1.79. The maximum Gasteiger partial charge on any atom is 0.261 e. The van der Waals surface area contributed by atoms with Gasteiger partial charge in [-0.05, 0) is 24.5 Å². The first-order valence-corrected chi connectivity index (χ1v) is 8.71. The number of nitrogen functional groups attached to an aromatic ring is 1. The van der Waals surface area contributed by atoms with Gasteiger partial charge in [0, 0.05) is 16.6 Å². The van der Waals surface area contributed by atoms with Crippen LogP contribution in [0.3, 0.4) is 0 Å². The molecular formula is C13H13BrFN3OS2. The molecule has 0 aliphatic heterocycles. The molecule has 0 spiro atoms. The van der Waals surface area contributed by atoms with Crippen molar-refractivity contribution in [3.05, 3.63) is 38.9 Å². The van der Waals surface area contributed by atoms with Crippen LogP contribution in [0, 0.1) is 5.82 Å². The molecule has 4 nitrogen and oxygen atoms in total. The molecule has 0 saturated carbocycles. The van der Waals surface area contributed by atoms with Crippen molar-refractivity contribution < 1.29 is 9.18 Å². The Morgan fingerprint density at radius 3 is 2.86 bits per heavy atom. The number of benzene rings is 1.